The Hall–Kier alpha value is -1.93. The smallest absolute Gasteiger partial charge is 0.244 e. The first kappa shape index (κ1) is 11.2. The summed E-state index contributed by atoms with van der Waals surface area (Å²) in [5.74, 6) is -0.180. The fourth-order valence-corrected chi connectivity index (χ4v) is 2.82. The number of benzene rings is 1. The van der Waals surface area contributed by atoms with Crippen LogP contribution in [0.1, 0.15) is 19.3 Å². The molecule has 3 rings (SSSR count). The van der Waals surface area contributed by atoms with E-state index in [9.17, 15) is 4.79 Å². The molecule has 1 N–H and O–H groups in total. The zero-order chi connectivity index (χ0) is 12.6. The van der Waals surface area contributed by atoms with Gasteiger partial charge in [-0.15, -0.1) is 11.3 Å². The van der Waals surface area contributed by atoms with E-state index in [2.05, 4.69) is 16.4 Å². The Morgan fingerprint density at radius 1 is 1.50 bits per heavy atom. The molecule has 2 aromatic rings. The second-order valence-corrected chi connectivity index (χ2v) is 5.42. The van der Waals surface area contributed by atoms with Crippen molar-refractivity contribution in [2.24, 2.45) is 5.41 Å². The normalized spacial score (nSPS) is 16.8. The first-order valence-corrected chi connectivity index (χ1v) is 6.67. The van der Waals surface area contributed by atoms with Crippen molar-refractivity contribution < 1.29 is 4.79 Å². The third-order valence-corrected chi connectivity index (χ3v) is 4.24. The molecule has 0 atom stereocenters. The number of hydrogen-bond acceptors (Lipinski definition) is 4. The summed E-state index contributed by atoms with van der Waals surface area (Å²) in [5.41, 5.74) is 2.64. The zero-order valence-corrected chi connectivity index (χ0v) is 10.5. The molecule has 4 nitrogen and oxygen atoms in total. The van der Waals surface area contributed by atoms with Gasteiger partial charge in [-0.2, -0.15) is 5.26 Å². The Balaban J connectivity index is 1.84. The lowest BCUT2D eigenvalue weighted by Crippen LogP contribution is -2.40. The summed E-state index contributed by atoms with van der Waals surface area (Å²) >= 11 is 1.53. The van der Waals surface area contributed by atoms with Crippen molar-refractivity contribution in [3.05, 3.63) is 23.7 Å². The number of thiazole rings is 1. The van der Waals surface area contributed by atoms with Crippen molar-refractivity contribution in [2.75, 3.05) is 5.32 Å². The molecule has 0 aliphatic heterocycles. The molecule has 90 valence electrons. The predicted molar refractivity (Wildman–Crippen MR) is 70.1 cm³/mol. The van der Waals surface area contributed by atoms with Gasteiger partial charge in [0.05, 0.1) is 21.8 Å². The van der Waals surface area contributed by atoms with Gasteiger partial charge in [0.25, 0.3) is 0 Å². The molecule has 1 amide bonds. The molecule has 18 heavy (non-hydrogen) atoms. The highest BCUT2D eigenvalue weighted by molar-refractivity contribution is 7.16. The van der Waals surface area contributed by atoms with Gasteiger partial charge < -0.3 is 5.32 Å². The third kappa shape index (κ3) is 1.66. The summed E-state index contributed by atoms with van der Waals surface area (Å²) in [7, 11) is 0. The molecule has 0 radical (unpaired) electrons. The minimum absolute atomic E-state index is 0.180. The number of rotatable bonds is 2. The van der Waals surface area contributed by atoms with E-state index < -0.39 is 5.41 Å². The van der Waals surface area contributed by atoms with Crippen molar-refractivity contribution in [2.45, 2.75) is 19.3 Å². The summed E-state index contributed by atoms with van der Waals surface area (Å²) < 4.78 is 1.03. The van der Waals surface area contributed by atoms with Crippen LogP contribution in [0.5, 0.6) is 0 Å². The molecule has 0 saturated heterocycles. The number of anilines is 1. The van der Waals surface area contributed by atoms with Gasteiger partial charge in [-0.25, -0.2) is 4.98 Å². The van der Waals surface area contributed by atoms with Crippen molar-refractivity contribution in [1.82, 2.24) is 4.98 Å². The maximum absolute atomic E-state index is 12.1. The summed E-state index contributed by atoms with van der Waals surface area (Å²) in [4.78, 5) is 16.3. The Labute approximate surface area is 108 Å². The highest BCUT2D eigenvalue weighted by Crippen LogP contribution is 2.41. The fraction of sp³-hybridized carbons (Fsp3) is 0.308. The maximum atomic E-state index is 12.1. The van der Waals surface area contributed by atoms with Gasteiger partial charge in [-0.3, -0.25) is 4.79 Å². The van der Waals surface area contributed by atoms with Gasteiger partial charge in [0, 0.05) is 5.69 Å². The largest absolute Gasteiger partial charge is 0.325 e. The second-order valence-electron chi connectivity index (χ2n) is 4.54. The van der Waals surface area contributed by atoms with Crippen LogP contribution in [0.15, 0.2) is 23.7 Å². The van der Waals surface area contributed by atoms with Gasteiger partial charge in [-0.1, -0.05) is 0 Å². The minimum atomic E-state index is -0.803. The molecular weight excluding hydrogens is 246 g/mol. The lowest BCUT2D eigenvalue weighted by molar-refractivity contribution is -0.126. The van der Waals surface area contributed by atoms with Gasteiger partial charge in [0.2, 0.25) is 5.91 Å². The topological polar surface area (TPSA) is 65.8 Å². The molecule has 1 aromatic carbocycles. The number of aromatic nitrogens is 1. The van der Waals surface area contributed by atoms with Gasteiger partial charge >= 0.3 is 0 Å². The van der Waals surface area contributed by atoms with Gasteiger partial charge in [0.15, 0.2) is 0 Å². The number of nitrogens with one attached hydrogen (secondary N) is 1. The van der Waals surface area contributed by atoms with Crippen molar-refractivity contribution >= 4 is 33.1 Å². The third-order valence-electron chi connectivity index (χ3n) is 3.44. The number of nitrogens with zero attached hydrogens (tertiary/aromatic N) is 2. The minimum Gasteiger partial charge on any atom is -0.325 e. The predicted octanol–water partition coefficient (Wildman–Crippen LogP) is 2.93. The number of fused-ring (bicyclic) bond motifs is 1. The van der Waals surface area contributed by atoms with Crippen LogP contribution in [0.25, 0.3) is 10.2 Å². The molecule has 1 saturated carbocycles. The Bertz CT molecular complexity index is 652. The van der Waals surface area contributed by atoms with Crippen LogP contribution in [0.3, 0.4) is 0 Å². The summed E-state index contributed by atoms with van der Waals surface area (Å²) in [6.07, 6.45) is 2.28. The number of carbonyl (C=O) groups is 1. The number of carbonyl (C=O) groups excluding carboxylic acids is 1. The molecule has 0 bridgehead atoms. The van der Waals surface area contributed by atoms with E-state index in [1.165, 1.54) is 11.3 Å². The van der Waals surface area contributed by atoms with E-state index in [4.69, 9.17) is 5.26 Å². The van der Waals surface area contributed by atoms with Crippen molar-refractivity contribution in [3.63, 3.8) is 0 Å². The fourth-order valence-electron chi connectivity index (χ4n) is 2.10. The Morgan fingerprint density at radius 2 is 2.33 bits per heavy atom. The quantitative estimate of drug-likeness (QED) is 0.899. The van der Waals surface area contributed by atoms with Crippen LogP contribution >= 0.6 is 11.3 Å². The standard InChI is InChI=1S/C13H11N3OS/c14-7-13(4-1-5-13)12(17)16-9-2-3-10-11(6-9)18-8-15-10/h2-3,6,8H,1,4-5H2,(H,16,17). The van der Waals surface area contributed by atoms with E-state index in [0.717, 1.165) is 22.3 Å². The molecule has 1 aromatic heterocycles. The van der Waals surface area contributed by atoms with E-state index in [0.29, 0.717) is 12.8 Å². The Morgan fingerprint density at radius 3 is 3.00 bits per heavy atom. The molecule has 5 heteroatoms. The van der Waals surface area contributed by atoms with Crippen LogP contribution in [-0.2, 0) is 4.79 Å². The second kappa shape index (κ2) is 4.07. The number of hydrogen-bond donors (Lipinski definition) is 1. The Kier molecular flexibility index (Phi) is 2.53. The molecule has 1 heterocycles. The highest BCUT2D eigenvalue weighted by atomic mass is 32.1. The SMILES string of the molecule is N#CC1(C(=O)Nc2ccc3ncsc3c2)CCC1. The van der Waals surface area contributed by atoms with Crippen LogP contribution in [-0.4, -0.2) is 10.9 Å². The number of amides is 1. The summed E-state index contributed by atoms with van der Waals surface area (Å²) in [5, 5.41) is 11.9. The highest BCUT2D eigenvalue weighted by Gasteiger charge is 2.44. The summed E-state index contributed by atoms with van der Waals surface area (Å²) in [6.45, 7) is 0. The van der Waals surface area contributed by atoms with Gasteiger partial charge in [-0.05, 0) is 37.5 Å². The van der Waals surface area contributed by atoms with Crippen LogP contribution in [0.2, 0.25) is 0 Å². The number of nitriles is 1. The van der Waals surface area contributed by atoms with Crippen molar-refractivity contribution in [3.8, 4) is 6.07 Å². The lowest BCUT2D eigenvalue weighted by atomic mass is 9.69. The van der Waals surface area contributed by atoms with Crippen LogP contribution in [0.4, 0.5) is 5.69 Å². The van der Waals surface area contributed by atoms with Crippen molar-refractivity contribution in [1.29, 1.82) is 5.26 Å². The molecule has 0 spiro atoms. The molecule has 0 unspecified atom stereocenters. The molecule has 1 aliphatic rings. The zero-order valence-electron chi connectivity index (χ0n) is 9.64. The lowest BCUT2D eigenvalue weighted by Gasteiger charge is -2.33. The molecular formula is C13H11N3OS. The maximum Gasteiger partial charge on any atom is 0.244 e. The van der Waals surface area contributed by atoms with E-state index >= 15 is 0 Å². The van der Waals surface area contributed by atoms with Crippen LogP contribution < -0.4 is 5.32 Å². The first-order valence-electron chi connectivity index (χ1n) is 5.79. The van der Waals surface area contributed by atoms with E-state index in [1.54, 1.807) is 5.51 Å². The average molecular weight is 257 g/mol. The molecule has 1 aliphatic carbocycles. The van der Waals surface area contributed by atoms with Gasteiger partial charge in [0.1, 0.15) is 5.41 Å². The monoisotopic (exact) mass is 257 g/mol. The first-order chi connectivity index (χ1) is 8.73. The average Bonchev–Trinajstić information content (AvgIpc) is 2.75. The van der Waals surface area contributed by atoms with E-state index in [1.807, 2.05) is 18.2 Å². The molecule has 1 fully saturated rings. The van der Waals surface area contributed by atoms with E-state index in [-0.39, 0.29) is 5.91 Å². The van der Waals surface area contributed by atoms with Crippen LogP contribution in [0, 0.1) is 16.7 Å². The summed E-state index contributed by atoms with van der Waals surface area (Å²) in [6, 6.07) is 7.74.